The summed E-state index contributed by atoms with van der Waals surface area (Å²) in [5.74, 6) is 0. The summed E-state index contributed by atoms with van der Waals surface area (Å²) in [6.45, 7) is 7.97. The van der Waals surface area contributed by atoms with E-state index in [1.807, 2.05) is 13.8 Å². The van der Waals surface area contributed by atoms with Gasteiger partial charge < -0.3 is 4.90 Å². The number of hydrogen-bond acceptors (Lipinski definition) is 4. The predicted molar refractivity (Wildman–Crippen MR) is 89.1 cm³/mol. The molecule has 0 aromatic carbocycles. The number of nitrogens with zero attached hydrogens (tertiary/aromatic N) is 5. The lowest BCUT2D eigenvalue weighted by Crippen LogP contribution is -2.46. The van der Waals surface area contributed by atoms with Crippen LogP contribution in [0, 0.1) is 0 Å². The van der Waals surface area contributed by atoms with Crippen molar-refractivity contribution in [2.45, 2.75) is 52.0 Å². The molecule has 1 fully saturated rings. The normalized spacial score (nSPS) is 16.2. The minimum absolute atomic E-state index is 0.177. The van der Waals surface area contributed by atoms with Crippen LogP contribution in [0.1, 0.15) is 46.0 Å². The third-order valence-electron chi connectivity index (χ3n) is 4.05. The summed E-state index contributed by atoms with van der Waals surface area (Å²) in [5, 5.41) is 9.85. The summed E-state index contributed by atoms with van der Waals surface area (Å²) in [4.78, 5) is 25.5. The third kappa shape index (κ3) is 5.19. The van der Waals surface area contributed by atoms with Crippen molar-refractivity contribution in [1.82, 2.24) is 14.9 Å². The lowest BCUT2D eigenvalue weighted by Gasteiger charge is -2.34. The van der Waals surface area contributed by atoms with E-state index in [4.69, 9.17) is 0 Å². The number of carbonyl (C=O) groups excluding carboxylic acids is 2. The SMILES string of the molecule is C=CC(=CC)N(C)/N=N\N(C=O)C(=O)N(CC)C1CCCCC1. The van der Waals surface area contributed by atoms with Gasteiger partial charge in [-0.2, -0.15) is 0 Å². The second kappa shape index (κ2) is 9.76. The van der Waals surface area contributed by atoms with Gasteiger partial charge in [-0.15, -0.1) is 5.01 Å². The standard InChI is InChI=1S/C16H27N5O2/c1-5-14(6-2)19(4)17-18-21(13-22)16(23)20(7-3)15-11-9-8-10-12-15/h5-6,13,15H,1,7-12H2,2-4H3/b14-6?,18-17-. The molecule has 0 saturated heterocycles. The number of allylic oxidation sites excluding steroid dienone is 2. The van der Waals surface area contributed by atoms with Crippen LogP contribution in [0.2, 0.25) is 0 Å². The van der Waals surface area contributed by atoms with E-state index in [-0.39, 0.29) is 6.04 Å². The van der Waals surface area contributed by atoms with E-state index < -0.39 is 6.03 Å². The van der Waals surface area contributed by atoms with Crippen LogP contribution >= 0.6 is 0 Å². The van der Waals surface area contributed by atoms with Crippen LogP contribution in [-0.4, -0.2) is 47.0 Å². The Bertz CT molecular complexity index is 469. The van der Waals surface area contributed by atoms with Crippen molar-refractivity contribution in [3.63, 3.8) is 0 Å². The van der Waals surface area contributed by atoms with Crippen molar-refractivity contribution >= 4 is 12.4 Å². The van der Waals surface area contributed by atoms with Gasteiger partial charge in [0, 0.05) is 19.6 Å². The van der Waals surface area contributed by atoms with E-state index in [2.05, 4.69) is 17.0 Å². The maximum atomic E-state index is 12.5. The molecule has 0 heterocycles. The number of imide groups is 1. The molecule has 1 rings (SSSR count). The van der Waals surface area contributed by atoms with Gasteiger partial charge in [-0.25, -0.2) is 9.80 Å². The molecular weight excluding hydrogens is 294 g/mol. The fourth-order valence-electron chi connectivity index (χ4n) is 2.77. The Morgan fingerprint density at radius 1 is 1.26 bits per heavy atom. The first kappa shape index (κ1) is 18.9. The second-order valence-corrected chi connectivity index (χ2v) is 5.43. The van der Waals surface area contributed by atoms with E-state index >= 15 is 0 Å². The van der Waals surface area contributed by atoms with E-state index in [0.717, 1.165) is 36.4 Å². The van der Waals surface area contributed by atoms with E-state index in [9.17, 15) is 9.59 Å². The van der Waals surface area contributed by atoms with Gasteiger partial charge in [0.25, 0.3) is 0 Å². The molecule has 1 saturated carbocycles. The summed E-state index contributed by atoms with van der Waals surface area (Å²) in [6, 6.07) is -0.247. The van der Waals surface area contributed by atoms with Crippen molar-refractivity contribution in [3.05, 3.63) is 24.4 Å². The Labute approximate surface area is 138 Å². The number of amides is 3. The van der Waals surface area contributed by atoms with Crippen molar-refractivity contribution in [2.24, 2.45) is 10.4 Å². The highest BCUT2D eigenvalue weighted by molar-refractivity contribution is 5.84. The molecule has 0 radical (unpaired) electrons. The molecule has 128 valence electrons. The molecule has 0 spiro atoms. The number of carbonyl (C=O) groups is 2. The molecule has 0 aromatic heterocycles. The molecule has 1 aliphatic carbocycles. The summed E-state index contributed by atoms with van der Waals surface area (Å²) in [6.07, 6.45) is 9.21. The van der Waals surface area contributed by atoms with Gasteiger partial charge in [0.2, 0.25) is 6.41 Å². The first-order valence-electron chi connectivity index (χ1n) is 8.08. The van der Waals surface area contributed by atoms with Crippen molar-refractivity contribution in [2.75, 3.05) is 13.6 Å². The van der Waals surface area contributed by atoms with Crippen LogP contribution in [0.15, 0.2) is 34.9 Å². The Kier molecular flexibility index (Phi) is 8.01. The number of hydrogen-bond donors (Lipinski definition) is 0. The molecule has 0 unspecified atom stereocenters. The predicted octanol–water partition coefficient (Wildman–Crippen LogP) is 3.52. The monoisotopic (exact) mass is 321 g/mol. The summed E-state index contributed by atoms with van der Waals surface area (Å²) in [7, 11) is 1.67. The van der Waals surface area contributed by atoms with Gasteiger partial charge in [0.05, 0.1) is 5.70 Å². The molecule has 0 atom stereocenters. The molecule has 0 N–H and O–H groups in total. The minimum atomic E-state index is -0.424. The molecule has 7 nitrogen and oxygen atoms in total. The molecule has 0 aromatic rings. The lowest BCUT2D eigenvalue weighted by atomic mass is 9.94. The Morgan fingerprint density at radius 3 is 2.39 bits per heavy atom. The zero-order valence-corrected chi connectivity index (χ0v) is 14.3. The summed E-state index contributed by atoms with van der Waals surface area (Å²) >= 11 is 0. The molecule has 0 aliphatic heterocycles. The number of likely N-dealkylation sites (N-methyl/N-ethyl adjacent to an activating group) is 1. The zero-order valence-electron chi connectivity index (χ0n) is 14.3. The molecule has 3 amide bonds. The molecular formula is C16H27N5O2. The smallest absolute Gasteiger partial charge is 0.320 e. The molecule has 23 heavy (non-hydrogen) atoms. The van der Waals surface area contributed by atoms with Crippen LogP contribution in [0.3, 0.4) is 0 Å². The Morgan fingerprint density at radius 2 is 1.91 bits per heavy atom. The average Bonchev–Trinajstić information content (AvgIpc) is 2.58. The number of rotatable bonds is 7. The van der Waals surface area contributed by atoms with Crippen molar-refractivity contribution < 1.29 is 9.59 Å². The first-order chi connectivity index (χ1) is 11.1. The maximum absolute atomic E-state index is 12.5. The third-order valence-corrected chi connectivity index (χ3v) is 4.05. The number of urea groups is 1. The maximum Gasteiger partial charge on any atom is 0.349 e. The molecule has 0 bridgehead atoms. The van der Waals surface area contributed by atoms with Crippen LogP contribution in [0.25, 0.3) is 0 Å². The van der Waals surface area contributed by atoms with E-state index in [1.54, 1.807) is 24.1 Å². The van der Waals surface area contributed by atoms with Gasteiger partial charge in [0.15, 0.2) is 0 Å². The van der Waals surface area contributed by atoms with Gasteiger partial charge in [0.1, 0.15) is 0 Å². The van der Waals surface area contributed by atoms with Crippen molar-refractivity contribution in [1.29, 1.82) is 0 Å². The van der Waals surface area contributed by atoms with Crippen LogP contribution in [0.5, 0.6) is 0 Å². The highest BCUT2D eigenvalue weighted by Gasteiger charge is 2.28. The Balaban J connectivity index is 2.79. The van der Waals surface area contributed by atoms with Crippen LogP contribution in [-0.2, 0) is 4.79 Å². The second-order valence-electron chi connectivity index (χ2n) is 5.43. The molecule has 1 aliphatic rings. The van der Waals surface area contributed by atoms with Gasteiger partial charge in [-0.05, 0) is 43.2 Å². The molecule has 7 heteroatoms. The van der Waals surface area contributed by atoms with E-state index in [1.165, 1.54) is 11.4 Å². The lowest BCUT2D eigenvalue weighted by molar-refractivity contribution is -0.116. The largest absolute Gasteiger partial charge is 0.349 e. The highest BCUT2D eigenvalue weighted by atomic mass is 16.2. The van der Waals surface area contributed by atoms with Crippen LogP contribution < -0.4 is 0 Å². The van der Waals surface area contributed by atoms with Crippen LogP contribution in [0.4, 0.5) is 4.79 Å². The minimum Gasteiger partial charge on any atom is -0.320 e. The van der Waals surface area contributed by atoms with Gasteiger partial charge in [-0.1, -0.05) is 31.9 Å². The fraction of sp³-hybridized carbons (Fsp3) is 0.625. The Hall–Kier alpha value is -2.18. The zero-order chi connectivity index (χ0) is 17.2. The van der Waals surface area contributed by atoms with E-state index in [0.29, 0.717) is 13.0 Å². The highest BCUT2D eigenvalue weighted by Crippen LogP contribution is 2.23. The average molecular weight is 321 g/mol. The first-order valence-corrected chi connectivity index (χ1v) is 8.08. The van der Waals surface area contributed by atoms with Gasteiger partial charge >= 0.3 is 6.03 Å². The quantitative estimate of drug-likeness (QED) is 0.312. The summed E-state index contributed by atoms with van der Waals surface area (Å²) < 4.78 is 0. The van der Waals surface area contributed by atoms with Crippen molar-refractivity contribution in [3.8, 4) is 0 Å². The van der Waals surface area contributed by atoms with Gasteiger partial charge in [-0.3, -0.25) is 4.79 Å². The fourth-order valence-corrected chi connectivity index (χ4v) is 2.77. The summed E-state index contributed by atoms with van der Waals surface area (Å²) in [5.41, 5.74) is 0.728. The topological polar surface area (TPSA) is 68.6 Å².